The molecule has 31 heavy (non-hydrogen) atoms. The largest absolute Gasteiger partial charge is 0.487 e. The van der Waals surface area contributed by atoms with Gasteiger partial charge in [0.2, 0.25) is 10.0 Å². The molecule has 3 atom stereocenters. The molecule has 0 aliphatic carbocycles. The van der Waals surface area contributed by atoms with Gasteiger partial charge in [-0.1, -0.05) is 26.0 Å². The van der Waals surface area contributed by atoms with E-state index in [2.05, 4.69) is 23.9 Å². The lowest BCUT2D eigenvalue weighted by atomic mass is 10.0. The molecule has 0 amide bonds. The van der Waals surface area contributed by atoms with Crippen molar-refractivity contribution in [2.75, 3.05) is 33.3 Å². The number of sulfonamides is 1. The van der Waals surface area contributed by atoms with Gasteiger partial charge in [0, 0.05) is 43.0 Å². The fourth-order valence-electron chi connectivity index (χ4n) is 3.94. The number of aliphatic hydroxyl groups is 1. The quantitative estimate of drug-likeness (QED) is 0.703. The Morgan fingerprint density at radius 2 is 2.10 bits per heavy atom. The van der Waals surface area contributed by atoms with Gasteiger partial charge < -0.3 is 14.7 Å². The molecule has 2 heterocycles. The number of benzene rings is 1. The number of rotatable bonds is 7. The molecule has 1 aromatic heterocycles. The Labute approximate surface area is 185 Å². The van der Waals surface area contributed by atoms with Gasteiger partial charge in [0.05, 0.1) is 6.61 Å². The predicted molar refractivity (Wildman–Crippen MR) is 121 cm³/mol. The molecule has 1 aliphatic heterocycles. The van der Waals surface area contributed by atoms with E-state index in [0.29, 0.717) is 18.8 Å². The van der Waals surface area contributed by atoms with Crippen molar-refractivity contribution in [3.05, 3.63) is 42.7 Å². The van der Waals surface area contributed by atoms with Crippen LogP contribution in [0.2, 0.25) is 0 Å². The molecule has 0 unspecified atom stereocenters. The van der Waals surface area contributed by atoms with Crippen molar-refractivity contribution in [2.45, 2.75) is 44.2 Å². The Morgan fingerprint density at radius 1 is 1.32 bits per heavy atom. The van der Waals surface area contributed by atoms with Gasteiger partial charge >= 0.3 is 0 Å². The number of hydrogen-bond donors (Lipinski definition) is 1. The number of fused-ring (bicyclic) bond motifs is 1. The number of pyridine rings is 1. The van der Waals surface area contributed by atoms with Gasteiger partial charge in [-0.15, -0.1) is 0 Å². The van der Waals surface area contributed by atoms with Crippen molar-refractivity contribution in [2.24, 2.45) is 5.92 Å². The molecule has 1 aromatic carbocycles. The summed E-state index contributed by atoms with van der Waals surface area (Å²) in [6, 6.07) is 8.43. The molecule has 3 rings (SSSR count). The van der Waals surface area contributed by atoms with Gasteiger partial charge in [0.15, 0.2) is 0 Å². The van der Waals surface area contributed by atoms with Crippen molar-refractivity contribution < 1.29 is 18.3 Å². The molecule has 0 spiro atoms. The summed E-state index contributed by atoms with van der Waals surface area (Å²) in [5, 5.41) is 9.74. The van der Waals surface area contributed by atoms with Gasteiger partial charge in [-0.05, 0) is 50.7 Å². The maximum absolute atomic E-state index is 13.5. The average molecular weight is 448 g/mol. The summed E-state index contributed by atoms with van der Waals surface area (Å²) in [6.07, 6.45) is 4.28. The van der Waals surface area contributed by atoms with E-state index in [1.165, 1.54) is 4.31 Å². The van der Waals surface area contributed by atoms with Crippen LogP contribution in [0.5, 0.6) is 5.75 Å². The Balaban J connectivity index is 2.10. The molecule has 0 saturated carbocycles. The second-order valence-electron chi connectivity index (χ2n) is 8.41. The van der Waals surface area contributed by atoms with E-state index in [-0.39, 0.29) is 23.5 Å². The van der Waals surface area contributed by atoms with Crippen LogP contribution in [0.25, 0.3) is 11.1 Å². The minimum atomic E-state index is -3.83. The van der Waals surface area contributed by atoms with E-state index in [9.17, 15) is 13.5 Å². The van der Waals surface area contributed by atoms with Crippen molar-refractivity contribution in [1.82, 2.24) is 14.2 Å². The normalized spacial score (nSPS) is 22.3. The Hall–Kier alpha value is -2.00. The van der Waals surface area contributed by atoms with E-state index >= 15 is 0 Å². The molecule has 0 radical (unpaired) electrons. The van der Waals surface area contributed by atoms with Crippen LogP contribution in [-0.2, 0) is 10.0 Å². The van der Waals surface area contributed by atoms with Gasteiger partial charge in [-0.3, -0.25) is 4.98 Å². The molecule has 0 bridgehead atoms. The Kier molecular flexibility index (Phi) is 7.69. The topological polar surface area (TPSA) is 83.0 Å². The van der Waals surface area contributed by atoms with E-state index in [0.717, 1.165) is 24.1 Å². The smallest absolute Gasteiger partial charge is 0.247 e. The standard InChI is InChI=1S/C23H33N3O4S/c1-5-11-25(4)15-22-17(2)14-26(18(3)16-27)31(28,29)23-9-8-19(12-21(23)30-22)20-7-6-10-24-13-20/h6-10,12-13,17-18,22,27H,5,11,14-16H2,1-4H3/t17-,18+,22-/m0/s1. The maximum atomic E-state index is 13.5. The zero-order chi connectivity index (χ0) is 22.6. The minimum Gasteiger partial charge on any atom is -0.487 e. The highest BCUT2D eigenvalue weighted by atomic mass is 32.2. The van der Waals surface area contributed by atoms with Crippen LogP contribution in [0.15, 0.2) is 47.6 Å². The highest BCUT2D eigenvalue weighted by Gasteiger charge is 2.38. The van der Waals surface area contributed by atoms with Crippen LogP contribution in [0, 0.1) is 5.92 Å². The fourth-order valence-corrected chi connectivity index (χ4v) is 5.76. The number of aliphatic hydroxyl groups excluding tert-OH is 1. The van der Waals surface area contributed by atoms with Crippen LogP contribution in [0.3, 0.4) is 0 Å². The summed E-state index contributed by atoms with van der Waals surface area (Å²) in [5.74, 6) is 0.288. The summed E-state index contributed by atoms with van der Waals surface area (Å²) in [5.41, 5.74) is 1.74. The first-order chi connectivity index (χ1) is 14.8. The average Bonchev–Trinajstić information content (AvgIpc) is 2.76. The highest BCUT2D eigenvalue weighted by Crippen LogP contribution is 2.36. The van der Waals surface area contributed by atoms with Gasteiger partial charge in [-0.2, -0.15) is 4.31 Å². The van der Waals surface area contributed by atoms with Crippen LogP contribution in [-0.4, -0.2) is 73.1 Å². The third-order valence-corrected chi connectivity index (χ3v) is 7.78. The second kappa shape index (κ2) is 10.1. The maximum Gasteiger partial charge on any atom is 0.247 e. The minimum absolute atomic E-state index is 0.0571. The van der Waals surface area contributed by atoms with E-state index < -0.39 is 16.1 Å². The summed E-state index contributed by atoms with van der Waals surface area (Å²) < 4.78 is 34.8. The van der Waals surface area contributed by atoms with E-state index in [4.69, 9.17) is 4.74 Å². The monoisotopic (exact) mass is 447 g/mol. The number of ether oxygens (including phenoxy) is 1. The number of nitrogens with zero attached hydrogens (tertiary/aromatic N) is 3. The molecule has 170 valence electrons. The van der Waals surface area contributed by atoms with Crippen molar-refractivity contribution in [1.29, 1.82) is 0 Å². The van der Waals surface area contributed by atoms with Crippen molar-refractivity contribution in [3.8, 4) is 16.9 Å². The molecule has 2 aromatic rings. The highest BCUT2D eigenvalue weighted by molar-refractivity contribution is 7.89. The predicted octanol–water partition coefficient (Wildman–Crippen LogP) is 2.86. The number of hydrogen-bond acceptors (Lipinski definition) is 6. The lowest BCUT2D eigenvalue weighted by Crippen LogP contribution is -2.49. The van der Waals surface area contributed by atoms with Gasteiger partial charge in [0.1, 0.15) is 16.7 Å². The first kappa shape index (κ1) is 23.7. The molecule has 7 nitrogen and oxygen atoms in total. The first-order valence-corrected chi connectivity index (χ1v) is 12.2. The SMILES string of the molecule is CCCN(C)C[C@@H]1Oc2cc(-c3cccnc3)ccc2S(=O)(=O)N([C@H](C)CO)C[C@@H]1C. The molecule has 0 fully saturated rings. The Morgan fingerprint density at radius 3 is 2.74 bits per heavy atom. The second-order valence-corrected chi connectivity index (χ2v) is 10.3. The van der Waals surface area contributed by atoms with Crippen molar-refractivity contribution in [3.63, 3.8) is 0 Å². The van der Waals surface area contributed by atoms with Crippen LogP contribution >= 0.6 is 0 Å². The molecule has 1 N–H and O–H groups in total. The molecule has 8 heteroatoms. The fraction of sp³-hybridized carbons (Fsp3) is 0.522. The third-order valence-electron chi connectivity index (χ3n) is 5.76. The number of aromatic nitrogens is 1. The number of likely N-dealkylation sites (N-methyl/N-ethyl adjacent to an activating group) is 1. The van der Waals surface area contributed by atoms with Crippen LogP contribution in [0.4, 0.5) is 0 Å². The molecular formula is C23H33N3O4S. The van der Waals surface area contributed by atoms with Crippen molar-refractivity contribution >= 4 is 10.0 Å². The van der Waals surface area contributed by atoms with E-state index in [1.54, 1.807) is 37.5 Å². The van der Waals surface area contributed by atoms with Crippen LogP contribution < -0.4 is 4.74 Å². The van der Waals surface area contributed by atoms with E-state index in [1.807, 2.05) is 19.1 Å². The summed E-state index contributed by atoms with van der Waals surface area (Å²) >= 11 is 0. The first-order valence-electron chi connectivity index (χ1n) is 10.8. The Bertz CT molecular complexity index is 968. The van der Waals surface area contributed by atoms with Crippen LogP contribution in [0.1, 0.15) is 27.2 Å². The summed E-state index contributed by atoms with van der Waals surface area (Å²) in [4.78, 5) is 6.51. The summed E-state index contributed by atoms with van der Waals surface area (Å²) in [7, 11) is -1.78. The summed E-state index contributed by atoms with van der Waals surface area (Å²) in [6.45, 7) is 7.54. The zero-order valence-electron chi connectivity index (χ0n) is 18.7. The lowest BCUT2D eigenvalue weighted by Gasteiger charge is -2.37. The molecule has 1 aliphatic rings. The molecule has 0 saturated heterocycles. The lowest BCUT2D eigenvalue weighted by molar-refractivity contribution is 0.0753. The zero-order valence-corrected chi connectivity index (χ0v) is 19.5. The van der Waals surface area contributed by atoms with Gasteiger partial charge in [-0.25, -0.2) is 8.42 Å². The van der Waals surface area contributed by atoms with Gasteiger partial charge in [0.25, 0.3) is 0 Å². The third kappa shape index (κ3) is 5.26. The molecular weight excluding hydrogens is 414 g/mol.